The normalized spacial score (nSPS) is 26.3. The lowest BCUT2D eigenvalue weighted by molar-refractivity contribution is -0.191. The molecule has 86 valence electrons. The molecule has 0 N–H and O–H groups in total. The Bertz CT molecular complexity index is 276. The molecule has 2 aliphatic rings. The van der Waals surface area contributed by atoms with E-state index in [2.05, 4.69) is 0 Å². The largest absolute Gasteiger partial charge is 0.395 e. The molecule has 1 fully saturated rings. The van der Waals surface area contributed by atoms with Gasteiger partial charge in [0.1, 0.15) is 0 Å². The maximum Gasteiger partial charge on any atom is 0.395 e. The Hall–Kier alpha value is -0.510. The summed E-state index contributed by atoms with van der Waals surface area (Å²) in [6, 6.07) is 0. The molecule has 0 aromatic rings. The Morgan fingerprint density at radius 1 is 1.40 bits per heavy atom. The highest BCUT2D eigenvalue weighted by molar-refractivity contribution is 5.07. The highest BCUT2D eigenvalue weighted by atomic mass is 19.4. The van der Waals surface area contributed by atoms with E-state index in [0.29, 0.717) is 19.4 Å². The summed E-state index contributed by atoms with van der Waals surface area (Å²) in [6.45, 7) is 3.69. The minimum atomic E-state index is -4.01. The monoisotopic (exact) mass is 219 g/mol. The van der Waals surface area contributed by atoms with Crippen LogP contribution in [0.4, 0.5) is 13.2 Å². The van der Waals surface area contributed by atoms with Crippen molar-refractivity contribution in [3.05, 3.63) is 11.6 Å². The summed E-state index contributed by atoms with van der Waals surface area (Å²) >= 11 is 0. The molecule has 0 aromatic heterocycles. The van der Waals surface area contributed by atoms with Crippen LogP contribution in [0.2, 0.25) is 0 Å². The lowest BCUT2D eigenvalue weighted by Gasteiger charge is -2.30. The Kier molecular flexibility index (Phi) is 2.57. The van der Waals surface area contributed by atoms with Gasteiger partial charge in [0.25, 0.3) is 0 Å². The molecular formula is C11H16F3N. The molecule has 0 radical (unpaired) electrons. The molecule has 2 rings (SSSR count). The summed E-state index contributed by atoms with van der Waals surface area (Å²) in [5, 5.41) is 0. The standard InChI is InChI=1S/C11H16F3N/c1-9-2-6-15(7-3-9)8-10(4-5-10)11(12,13)14/h2H,3-8H2,1H3. The minimum Gasteiger partial charge on any atom is -0.298 e. The second kappa shape index (κ2) is 3.51. The van der Waals surface area contributed by atoms with Gasteiger partial charge in [-0.25, -0.2) is 0 Å². The number of nitrogens with zero attached hydrogens (tertiary/aromatic N) is 1. The van der Waals surface area contributed by atoms with Crippen LogP contribution >= 0.6 is 0 Å². The molecule has 1 heterocycles. The van der Waals surface area contributed by atoms with E-state index in [0.717, 1.165) is 13.0 Å². The van der Waals surface area contributed by atoms with Gasteiger partial charge in [-0.05, 0) is 26.2 Å². The summed E-state index contributed by atoms with van der Waals surface area (Å²) in [5.41, 5.74) is -0.0744. The molecule has 0 spiro atoms. The van der Waals surface area contributed by atoms with Crippen LogP contribution in [0.1, 0.15) is 26.2 Å². The molecule has 1 nitrogen and oxygen atoms in total. The first-order valence-corrected chi connectivity index (χ1v) is 5.38. The van der Waals surface area contributed by atoms with Gasteiger partial charge in [0.05, 0.1) is 5.41 Å². The van der Waals surface area contributed by atoms with Crippen LogP contribution in [-0.4, -0.2) is 30.7 Å². The molecule has 0 bridgehead atoms. The van der Waals surface area contributed by atoms with E-state index in [1.54, 1.807) is 0 Å². The van der Waals surface area contributed by atoms with Crippen LogP contribution in [-0.2, 0) is 0 Å². The SMILES string of the molecule is CC1=CCN(CC2(C(F)(F)F)CC2)CC1. The zero-order chi connectivity index (χ0) is 11.1. The topological polar surface area (TPSA) is 3.24 Å². The van der Waals surface area contributed by atoms with E-state index in [4.69, 9.17) is 0 Å². The summed E-state index contributed by atoms with van der Waals surface area (Å²) in [6.07, 6.45) is -0.432. The van der Waals surface area contributed by atoms with Gasteiger partial charge < -0.3 is 0 Å². The van der Waals surface area contributed by atoms with Gasteiger partial charge >= 0.3 is 6.18 Å². The van der Waals surface area contributed by atoms with Crippen molar-refractivity contribution in [1.29, 1.82) is 0 Å². The molecular weight excluding hydrogens is 203 g/mol. The highest BCUT2D eigenvalue weighted by Gasteiger charge is 2.63. The van der Waals surface area contributed by atoms with Crippen molar-refractivity contribution in [2.45, 2.75) is 32.4 Å². The number of hydrogen-bond acceptors (Lipinski definition) is 1. The first kappa shape index (κ1) is 11.0. The lowest BCUT2D eigenvalue weighted by Crippen LogP contribution is -2.40. The lowest BCUT2D eigenvalue weighted by atomic mass is 10.0. The van der Waals surface area contributed by atoms with Crippen molar-refractivity contribution < 1.29 is 13.2 Å². The fourth-order valence-electron chi connectivity index (χ4n) is 2.07. The third-order valence-corrected chi connectivity index (χ3v) is 3.50. The van der Waals surface area contributed by atoms with Crippen LogP contribution in [0.15, 0.2) is 11.6 Å². The van der Waals surface area contributed by atoms with Gasteiger partial charge in [-0.15, -0.1) is 0 Å². The third-order valence-electron chi connectivity index (χ3n) is 3.50. The Morgan fingerprint density at radius 3 is 2.47 bits per heavy atom. The molecule has 15 heavy (non-hydrogen) atoms. The van der Waals surface area contributed by atoms with Gasteiger partial charge in [-0.1, -0.05) is 11.6 Å². The number of rotatable bonds is 2. The molecule has 0 saturated heterocycles. The molecule has 0 atom stereocenters. The van der Waals surface area contributed by atoms with Crippen LogP contribution in [0.5, 0.6) is 0 Å². The van der Waals surface area contributed by atoms with Gasteiger partial charge in [0.2, 0.25) is 0 Å². The molecule has 0 aromatic carbocycles. The van der Waals surface area contributed by atoms with Crippen molar-refractivity contribution in [2.75, 3.05) is 19.6 Å². The first-order chi connectivity index (χ1) is 6.93. The van der Waals surface area contributed by atoms with Crippen molar-refractivity contribution in [2.24, 2.45) is 5.41 Å². The summed E-state index contributed by atoms with van der Waals surface area (Å²) in [7, 11) is 0. The van der Waals surface area contributed by atoms with Crippen molar-refractivity contribution >= 4 is 0 Å². The predicted molar refractivity (Wildman–Crippen MR) is 52.5 cm³/mol. The van der Waals surface area contributed by atoms with E-state index in [1.807, 2.05) is 17.9 Å². The zero-order valence-electron chi connectivity index (χ0n) is 8.90. The second-order valence-electron chi connectivity index (χ2n) is 4.81. The van der Waals surface area contributed by atoms with E-state index < -0.39 is 11.6 Å². The molecule has 1 aliphatic heterocycles. The van der Waals surface area contributed by atoms with Crippen LogP contribution in [0.25, 0.3) is 0 Å². The van der Waals surface area contributed by atoms with E-state index >= 15 is 0 Å². The predicted octanol–water partition coefficient (Wildman–Crippen LogP) is 2.98. The van der Waals surface area contributed by atoms with Crippen molar-refractivity contribution in [1.82, 2.24) is 4.90 Å². The van der Waals surface area contributed by atoms with Crippen molar-refractivity contribution in [3.63, 3.8) is 0 Å². The third kappa shape index (κ3) is 2.19. The zero-order valence-corrected chi connectivity index (χ0v) is 8.90. The number of alkyl halides is 3. The second-order valence-corrected chi connectivity index (χ2v) is 4.81. The Labute approximate surface area is 87.9 Å². The first-order valence-electron chi connectivity index (χ1n) is 5.38. The fraction of sp³-hybridized carbons (Fsp3) is 0.818. The Morgan fingerprint density at radius 2 is 2.07 bits per heavy atom. The molecule has 1 aliphatic carbocycles. The average Bonchev–Trinajstić information content (AvgIpc) is 2.89. The highest BCUT2D eigenvalue weighted by Crippen LogP contribution is 2.57. The molecule has 0 amide bonds. The van der Waals surface area contributed by atoms with E-state index in [-0.39, 0.29) is 6.54 Å². The van der Waals surface area contributed by atoms with Gasteiger partial charge in [-0.3, -0.25) is 4.90 Å². The van der Waals surface area contributed by atoms with Crippen molar-refractivity contribution in [3.8, 4) is 0 Å². The van der Waals surface area contributed by atoms with E-state index in [9.17, 15) is 13.2 Å². The summed E-state index contributed by atoms with van der Waals surface area (Å²) in [5.74, 6) is 0. The quantitative estimate of drug-likeness (QED) is 0.645. The van der Waals surface area contributed by atoms with Gasteiger partial charge in [0, 0.05) is 19.6 Å². The molecule has 1 saturated carbocycles. The summed E-state index contributed by atoms with van der Waals surface area (Å²) < 4.78 is 38.1. The number of halogens is 3. The van der Waals surface area contributed by atoms with E-state index in [1.165, 1.54) is 5.57 Å². The number of hydrogen-bond donors (Lipinski definition) is 0. The van der Waals surface area contributed by atoms with Crippen LogP contribution < -0.4 is 0 Å². The maximum absolute atomic E-state index is 12.7. The summed E-state index contributed by atoms with van der Waals surface area (Å²) in [4.78, 5) is 1.92. The fourth-order valence-corrected chi connectivity index (χ4v) is 2.07. The smallest absolute Gasteiger partial charge is 0.298 e. The van der Waals surface area contributed by atoms with Gasteiger partial charge in [0.15, 0.2) is 0 Å². The van der Waals surface area contributed by atoms with Crippen LogP contribution in [0.3, 0.4) is 0 Å². The molecule has 0 unspecified atom stereocenters. The Balaban J connectivity index is 1.93. The maximum atomic E-state index is 12.7. The van der Waals surface area contributed by atoms with Crippen LogP contribution in [0, 0.1) is 5.41 Å². The average molecular weight is 219 g/mol. The minimum absolute atomic E-state index is 0.195. The van der Waals surface area contributed by atoms with Gasteiger partial charge in [-0.2, -0.15) is 13.2 Å². The molecule has 4 heteroatoms.